The first kappa shape index (κ1) is 22.9. The second-order valence-electron chi connectivity index (χ2n) is 8.36. The summed E-state index contributed by atoms with van der Waals surface area (Å²) >= 11 is 0. The number of carbonyl (C=O) groups excluding carboxylic acids is 1. The highest BCUT2D eigenvalue weighted by molar-refractivity contribution is 5.93. The first-order chi connectivity index (χ1) is 14.3. The molecule has 0 unspecified atom stereocenters. The summed E-state index contributed by atoms with van der Waals surface area (Å²) in [6.45, 7) is 3.92. The monoisotopic (exact) mass is 420 g/mol. The van der Waals surface area contributed by atoms with Crippen molar-refractivity contribution in [1.82, 2.24) is 0 Å². The summed E-state index contributed by atoms with van der Waals surface area (Å²) in [6, 6.07) is 7.30. The van der Waals surface area contributed by atoms with Gasteiger partial charge in [-0.15, -0.1) is 0 Å². The molecule has 0 saturated carbocycles. The number of benzene rings is 1. The maximum atomic E-state index is 12.3. The van der Waals surface area contributed by atoms with Crippen molar-refractivity contribution < 1.29 is 34.3 Å². The maximum Gasteiger partial charge on any atom is 0.158 e. The van der Waals surface area contributed by atoms with Crippen LogP contribution in [0.5, 0.6) is 5.75 Å². The van der Waals surface area contributed by atoms with E-state index in [1.807, 2.05) is 31.2 Å². The summed E-state index contributed by atoms with van der Waals surface area (Å²) in [5.41, 5.74) is 0.861. The van der Waals surface area contributed by atoms with Crippen molar-refractivity contribution in [3.8, 4) is 5.75 Å². The molecular formula is C23H32O7. The number of hydrogen-bond donors (Lipinski definition) is 3. The van der Waals surface area contributed by atoms with Crippen molar-refractivity contribution in [3.63, 3.8) is 0 Å². The van der Waals surface area contributed by atoms with Crippen LogP contribution in [0.4, 0.5) is 0 Å². The van der Waals surface area contributed by atoms with Crippen LogP contribution in [-0.2, 0) is 14.3 Å². The lowest BCUT2D eigenvalue weighted by atomic mass is 9.86. The molecule has 2 aliphatic rings. The standard InChI is InChI=1S/C23H32O7/c1-13(14(2)24)23-20(30-23)10-16-12-29-19(22(27)21(16)26)11-17(25)7-4-15-5-8-18(28-3)9-6-15/h4-9,13-14,16,19-24,26-27H,10-12H2,1-3H3/b7-4+/t13-,14-,16-,19-,20-,21+,22-,23-/m0/s1. The van der Waals surface area contributed by atoms with Crippen molar-refractivity contribution in [2.75, 3.05) is 13.7 Å². The van der Waals surface area contributed by atoms with E-state index in [1.165, 1.54) is 6.08 Å². The van der Waals surface area contributed by atoms with Gasteiger partial charge in [0.2, 0.25) is 0 Å². The molecule has 7 heteroatoms. The summed E-state index contributed by atoms with van der Waals surface area (Å²) in [4.78, 5) is 12.3. The molecule has 1 aromatic carbocycles. The van der Waals surface area contributed by atoms with Crippen LogP contribution in [0.1, 0.15) is 32.3 Å². The molecule has 0 spiro atoms. The fraction of sp³-hybridized carbons (Fsp3) is 0.609. The minimum Gasteiger partial charge on any atom is -0.497 e. The van der Waals surface area contributed by atoms with Crippen LogP contribution in [0.2, 0.25) is 0 Å². The molecule has 2 heterocycles. The highest BCUT2D eigenvalue weighted by Crippen LogP contribution is 2.38. The highest BCUT2D eigenvalue weighted by atomic mass is 16.6. The van der Waals surface area contributed by atoms with Gasteiger partial charge in [-0.25, -0.2) is 0 Å². The van der Waals surface area contributed by atoms with E-state index in [0.717, 1.165) is 11.3 Å². The van der Waals surface area contributed by atoms with E-state index in [1.54, 1.807) is 20.1 Å². The number of ketones is 1. The first-order valence-electron chi connectivity index (χ1n) is 10.5. The Bertz CT molecular complexity index is 730. The first-order valence-corrected chi connectivity index (χ1v) is 10.5. The van der Waals surface area contributed by atoms with Crippen LogP contribution in [0.3, 0.4) is 0 Å². The molecule has 3 N–H and O–H groups in total. The fourth-order valence-electron chi connectivity index (χ4n) is 3.88. The van der Waals surface area contributed by atoms with E-state index < -0.39 is 24.4 Å². The van der Waals surface area contributed by atoms with Crippen LogP contribution in [-0.4, -0.2) is 71.4 Å². The van der Waals surface area contributed by atoms with Crippen LogP contribution in [0, 0.1) is 11.8 Å². The minimum absolute atomic E-state index is 0.000778. The van der Waals surface area contributed by atoms with Crippen LogP contribution < -0.4 is 4.74 Å². The largest absolute Gasteiger partial charge is 0.497 e. The number of allylic oxidation sites excluding steroid dienone is 1. The van der Waals surface area contributed by atoms with E-state index in [0.29, 0.717) is 6.42 Å². The molecule has 2 fully saturated rings. The van der Waals surface area contributed by atoms with Crippen molar-refractivity contribution in [2.24, 2.45) is 11.8 Å². The lowest BCUT2D eigenvalue weighted by Crippen LogP contribution is -2.51. The van der Waals surface area contributed by atoms with Gasteiger partial charge < -0.3 is 29.5 Å². The van der Waals surface area contributed by atoms with Crippen LogP contribution >= 0.6 is 0 Å². The number of epoxide rings is 1. The molecule has 30 heavy (non-hydrogen) atoms. The smallest absolute Gasteiger partial charge is 0.158 e. The van der Waals surface area contributed by atoms with Gasteiger partial charge in [0, 0.05) is 18.3 Å². The molecule has 1 aromatic rings. The van der Waals surface area contributed by atoms with Crippen molar-refractivity contribution in [2.45, 2.75) is 63.3 Å². The predicted octanol–water partition coefficient (Wildman–Crippen LogP) is 1.58. The van der Waals surface area contributed by atoms with E-state index in [2.05, 4.69) is 0 Å². The van der Waals surface area contributed by atoms with Crippen molar-refractivity contribution >= 4 is 11.9 Å². The Morgan fingerprint density at radius 1 is 1.20 bits per heavy atom. The van der Waals surface area contributed by atoms with Crippen molar-refractivity contribution in [1.29, 1.82) is 0 Å². The number of aliphatic hydroxyl groups excluding tert-OH is 3. The molecule has 166 valence electrons. The fourth-order valence-corrected chi connectivity index (χ4v) is 3.88. The summed E-state index contributed by atoms with van der Waals surface area (Å²) in [5, 5.41) is 30.6. The van der Waals surface area contributed by atoms with E-state index in [4.69, 9.17) is 14.2 Å². The van der Waals surface area contributed by atoms with Gasteiger partial charge >= 0.3 is 0 Å². The summed E-state index contributed by atoms with van der Waals surface area (Å²) in [6.07, 6.45) is 0.323. The summed E-state index contributed by atoms with van der Waals surface area (Å²) < 4.78 is 16.4. The number of rotatable bonds is 9. The number of ether oxygens (including phenoxy) is 3. The second-order valence-corrected chi connectivity index (χ2v) is 8.36. The molecule has 2 saturated heterocycles. The third kappa shape index (κ3) is 5.68. The third-order valence-electron chi connectivity index (χ3n) is 6.15. The quantitative estimate of drug-likeness (QED) is 0.411. The second kappa shape index (κ2) is 10.0. The van der Waals surface area contributed by atoms with E-state index >= 15 is 0 Å². The van der Waals surface area contributed by atoms with E-state index in [-0.39, 0.29) is 42.9 Å². The Kier molecular flexibility index (Phi) is 7.65. The van der Waals surface area contributed by atoms with Gasteiger partial charge in [-0.05, 0) is 37.1 Å². The van der Waals surface area contributed by atoms with Gasteiger partial charge in [0.05, 0.1) is 44.2 Å². The lowest BCUT2D eigenvalue weighted by Gasteiger charge is -2.37. The Hall–Kier alpha value is -1.77. The molecule has 2 aliphatic heterocycles. The van der Waals surface area contributed by atoms with Gasteiger partial charge in [-0.2, -0.15) is 0 Å². The van der Waals surface area contributed by atoms with Crippen LogP contribution in [0.15, 0.2) is 30.3 Å². The average Bonchev–Trinajstić information content (AvgIpc) is 3.50. The van der Waals surface area contributed by atoms with Gasteiger partial charge in [0.1, 0.15) is 11.9 Å². The number of aliphatic hydroxyl groups is 3. The Morgan fingerprint density at radius 3 is 2.53 bits per heavy atom. The van der Waals surface area contributed by atoms with Crippen molar-refractivity contribution in [3.05, 3.63) is 35.9 Å². The lowest BCUT2D eigenvalue weighted by molar-refractivity contribution is -0.169. The number of methoxy groups -OCH3 is 1. The van der Waals surface area contributed by atoms with Gasteiger partial charge in [-0.3, -0.25) is 4.79 Å². The normalized spacial score (nSPS) is 33.3. The third-order valence-corrected chi connectivity index (χ3v) is 6.15. The molecule has 0 aliphatic carbocycles. The molecule has 0 radical (unpaired) electrons. The molecule has 0 aromatic heterocycles. The Labute approximate surface area is 177 Å². The molecule has 3 rings (SSSR count). The zero-order valence-electron chi connectivity index (χ0n) is 17.7. The Morgan fingerprint density at radius 2 is 1.90 bits per heavy atom. The van der Waals surface area contributed by atoms with Gasteiger partial charge in [0.25, 0.3) is 0 Å². The highest BCUT2D eigenvalue weighted by Gasteiger charge is 2.48. The SMILES string of the molecule is COc1ccc(/C=C/C(=O)C[C@@H]2OC[C@H](C[C@@H]3O[C@H]3[C@@H](C)[C@H](C)O)[C@@H](O)[C@H]2O)cc1. The summed E-state index contributed by atoms with van der Waals surface area (Å²) in [5.74, 6) is 0.308. The minimum atomic E-state index is -1.13. The van der Waals surface area contributed by atoms with Gasteiger partial charge in [0.15, 0.2) is 5.78 Å². The average molecular weight is 421 g/mol. The zero-order chi connectivity index (χ0) is 21.8. The molecule has 0 amide bonds. The topological polar surface area (TPSA) is 109 Å². The molecular weight excluding hydrogens is 388 g/mol. The molecule has 8 atom stereocenters. The maximum absolute atomic E-state index is 12.3. The number of carbonyl (C=O) groups is 1. The number of hydrogen-bond acceptors (Lipinski definition) is 7. The predicted molar refractivity (Wildman–Crippen MR) is 111 cm³/mol. The zero-order valence-corrected chi connectivity index (χ0v) is 17.7. The van der Waals surface area contributed by atoms with Crippen LogP contribution in [0.25, 0.3) is 6.08 Å². The molecule has 7 nitrogen and oxygen atoms in total. The Balaban J connectivity index is 1.47. The van der Waals surface area contributed by atoms with Gasteiger partial charge in [-0.1, -0.05) is 25.1 Å². The van der Waals surface area contributed by atoms with E-state index in [9.17, 15) is 20.1 Å². The summed E-state index contributed by atoms with van der Waals surface area (Å²) in [7, 11) is 1.59. The molecule has 0 bridgehead atoms.